The second kappa shape index (κ2) is 10.0. The first-order chi connectivity index (χ1) is 13.2. The summed E-state index contributed by atoms with van der Waals surface area (Å²) in [6.07, 6.45) is 6.13. The van der Waals surface area contributed by atoms with Gasteiger partial charge in [0.25, 0.3) is 0 Å². The average Bonchev–Trinajstić information content (AvgIpc) is 3.21. The predicted octanol–water partition coefficient (Wildman–Crippen LogP) is 3.42. The van der Waals surface area contributed by atoms with Gasteiger partial charge in [-0.2, -0.15) is 0 Å². The fourth-order valence-electron chi connectivity index (χ4n) is 3.17. The summed E-state index contributed by atoms with van der Waals surface area (Å²) in [5.41, 5.74) is 1.06. The molecule has 1 saturated heterocycles. The van der Waals surface area contributed by atoms with E-state index in [-0.39, 0.29) is 12.1 Å². The Bertz CT molecular complexity index is 717. The zero-order chi connectivity index (χ0) is 18.9. The minimum atomic E-state index is -0.202. The summed E-state index contributed by atoms with van der Waals surface area (Å²) >= 11 is 0. The van der Waals surface area contributed by atoms with E-state index in [1.54, 1.807) is 12.4 Å². The van der Waals surface area contributed by atoms with E-state index in [0.29, 0.717) is 25.3 Å². The molecule has 144 valence electrons. The van der Waals surface area contributed by atoms with Gasteiger partial charge in [-0.05, 0) is 31.0 Å². The lowest BCUT2D eigenvalue weighted by Gasteiger charge is -2.25. The quantitative estimate of drug-likeness (QED) is 0.631. The van der Waals surface area contributed by atoms with Gasteiger partial charge in [0.15, 0.2) is 0 Å². The Labute approximate surface area is 160 Å². The molecule has 1 atom stereocenters. The summed E-state index contributed by atoms with van der Waals surface area (Å²) < 4.78 is 16.6. The molecule has 2 aromatic rings. The molecule has 6 heteroatoms. The van der Waals surface area contributed by atoms with Crippen LogP contribution in [0.2, 0.25) is 0 Å². The van der Waals surface area contributed by atoms with Crippen molar-refractivity contribution in [2.24, 2.45) is 0 Å². The standard InChI is InChI=1S/C21H26N2O4/c1-25-21(24)10-12-23(16-19-8-5-13-26-19)15-17-6-2-3-9-20(17)27-18-7-4-11-22-14-18/h2-4,6-7,9,11,14,19H,5,8,10,12-13,15-16H2,1H3. The summed E-state index contributed by atoms with van der Waals surface area (Å²) in [6.45, 7) is 2.90. The summed E-state index contributed by atoms with van der Waals surface area (Å²) in [4.78, 5) is 17.9. The van der Waals surface area contributed by atoms with E-state index in [1.807, 2.05) is 36.4 Å². The Morgan fingerprint density at radius 3 is 2.93 bits per heavy atom. The SMILES string of the molecule is COC(=O)CCN(Cc1ccccc1Oc1cccnc1)CC1CCCO1. The Hall–Kier alpha value is -2.44. The van der Waals surface area contributed by atoms with Crippen LogP contribution in [-0.2, 0) is 20.8 Å². The Morgan fingerprint density at radius 1 is 1.30 bits per heavy atom. The van der Waals surface area contributed by atoms with Crippen molar-refractivity contribution in [3.63, 3.8) is 0 Å². The number of carbonyl (C=O) groups excluding carboxylic acids is 1. The van der Waals surface area contributed by atoms with Crippen LogP contribution in [0, 0.1) is 0 Å². The molecule has 2 heterocycles. The van der Waals surface area contributed by atoms with E-state index in [2.05, 4.69) is 9.88 Å². The zero-order valence-corrected chi connectivity index (χ0v) is 15.7. The summed E-state index contributed by atoms with van der Waals surface area (Å²) in [5, 5.41) is 0. The van der Waals surface area contributed by atoms with E-state index in [4.69, 9.17) is 14.2 Å². The Kier molecular flexibility index (Phi) is 7.19. The van der Waals surface area contributed by atoms with Crippen molar-refractivity contribution in [2.75, 3.05) is 26.8 Å². The van der Waals surface area contributed by atoms with Crippen molar-refractivity contribution in [1.29, 1.82) is 0 Å². The van der Waals surface area contributed by atoms with Gasteiger partial charge in [0.05, 0.1) is 25.8 Å². The van der Waals surface area contributed by atoms with Crippen molar-refractivity contribution in [3.8, 4) is 11.5 Å². The molecule has 1 aliphatic heterocycles. The van der Waals surface area contributed by atoms with Crippen molar-refractivity contribution < 1.29 is 19.0 Å². The third-order valence-electron chi connectivity index (χ3n) is 4.57. The molecule has 0 radical (unpaired) electrons. The molecule has 1 aromatic heterocycles. The van der Waals surface area contributed by atoms with Gasteiger partial charge >= 0.3 is 5.97 Å². The number of para-hydroxylation sites is 1. The topological polar surface area (TPSA) is 60.9 Å². The molecular weight excluding hydrogens is 344 g/mol. The fourth-order valence-corrected chi connectivity index (χ4v) is 3.17. The number of methoxy groups -OCH3 is 1. The van der Waals surface area contributed by atoms with Crippen LogP contribution in [0.25, 0.3) is 0 Å². The molecule has 0 spiro atoms. The maximum atomic E-state index is 11.6. The van der Waals surface area contributed by atoms with Crippen LogP contribution in [0.1, 0.15) is 24.8 Å². The molecule has 27 heavy (non-hydrogen) atoms. The summed E-state index contributed by atoms with van der Waals surface area (Å²) in [5.74, 6) is 1.29. The molecule has 0 saturated carbocycles. The highest BCUT2D eigenvalue weighted by molar-refractivity contribution is 5.69. The van der Waals surface area contributed by atoms with Gasteiger partial charge in [0, 0.05) is 38.0 Å². The average molecular weight is 370 g/mol. The molecule has 3 rings (SSSR count). The monoisotopic (exact) mass is 370 g/mol. The second-order valence-corrected chi connectivity index (χ2v) is 6.59. The number of rotatable bonds is 9. The number of carbonyl (C=O) groups is 1. The van der Waals surface area contributed by atoms with Crippen LogP contribution in [-0.4, -0.2) is 48.8 Å². The normalized spacial score (nSPS) is 16.4. The molecular formula is C21H26N2O4. The number of nitrogens with zero attached hydrogens (tertiary/aromatic N) is 2. The molecule has 6 nitrogen and oxygen atoms in total. The highest BCUT2D eigenvalue weighted by Crippen LogP contribution is 2.26. The van der Waals surface area contributed by atoms with Crippen molar-refractivity contribution in [1.82, 2.24) is 9.88 Å². The second-order valence-electron chi connectivity index (χ2n) is 6.59. The number of aromatic nitrogens is 1. The molecule has 1 fully saturated rings. The largest absolute Gasteiger partial charge is 0.469 e. The maximum Gasteiger partial charge on any atom is 0.306 e. The maximum absolute atomic E-state index is 11.6. The Balaban J connectivity index is 1.70. The van der Waals surface area contributed by atoms with E-state index < -0.39 is 0 Å². The third-order valence-corrected chi connectivity index (χ3v) is 4.57. The smallest absolute Gasteiger partial charge is 0.306 e. The highest BCUT2D eigenvalue weighted by Gasteiger charge is 2.21. The summed E-state index contributed by atoms with van der Waals surface area (Å²) in [7, 11) is 1.42. The van der Waals surface area contributed by atoms with Crippen LogP contribution in [0.4, 0.5) is 0 Å². The minimum absolute atomic E-state index is 0.202. The van der Waals surface area contributed by atoms with Gasteiger partial charge in [0.2, 0.25) is 0 Å². The van der Waals surface area contributed by atoms with E-state index >= 15 is 0 Å². The Morgan fingerprint density at radius 2 is 2.19 bits per heavy atom. The van der Waals surface area contributed by atoms with Crippen LogP contribution < -0.4 is 4.74 Å². The molecule has 1 aromatic carbocycles. The van der Waals surface area contributed by atoms with Crippen molar-refractivity contribution in [3.05, 3.63) is 54.4 Å². The lowest BCUT2D eigenvalue weighted by Crippen LogP contribution is -2.33. The van der Waals surface area contributed by atoms with Crippen LogP contribution in [0.15, 0.2) is 48.8 Å². The van der Waals surface area contributed by atoms with E-state index in [1.165, 1.54) is 7.11 Å². The first-order valence-electron chi connectivity index (χ1n) is 9.31. The van der Waals surface area contributed by atoms with Gasteiger partial charge in [-0.1, -0.05) is 18.2 Å². The predicted molar refractivity (Wildman–Crippen MR) is 102 cm³/mol. The van der Waals surface area contributed by atoms with Crippen LogP contribution >= 0.6 is 0 Å². The molecule has 1 unspecified atom stereocenters. The van der Waals surface area contributed by atoms with E-state index in [0.717, 1.165) is 37.3 Å². The minimum Gasteiger partial charge on any atom is -0.469 e. The fraction of sp³-hybridized carbons (Fsp3) is 0.429. The zero-order valence-electron chi connectivity index (χ0n) is 15.7. The number of pyridine rings is 1. The molecule has 0 N–H and O–H groups in total. The number of hydrogen-bond acceptors (Lipinski definition) is 6. The number of hydrogen-bond donors (Lipinski definition) is 0. The number of esters is 1. The van der Waals surface area contributed by atoms with Crippen LogP contribution in [0.5, 0.6) is 11.5 Å². The summed E-state index contributed by atoms with van der Waals surface area (Å²) in [6, 6.07) is 11.7. The molecule has 1 aliphatic rings. The first-order valence-corrected chi connectivity index (χ1v) is 9.31. The first kappa shape index (κ1) is 19.3. The van der Waals surface area contributed by atoms with Crippen molar-refractivity contribution >= 4 is 5.97 Å². The van der Waals surface area contributed by atoms with Gasteiger partial charge in [-0.15, -0.1) is 0 Å². The van der Waals surface area contributed by atoms with Crippen molar-refractivity contribution in [2.45, 2.75) is 31.9 Å². The van der Waals surface area contributed by atoms with Gasteiger partial charge < -0.3 is 14.2 Å². The van der Waals surface area contributed by atoms with Gasteiger partial charge in [-0.3, -0.25) is 14.7 Å². The van der Waals surface area contributed by atoms with Gasteiger partial charge in [0.1, 0.15) is 11.5 Å². The molecule has 0 amide bonds. The lowest BCUT2D eigenvalue weighted by atomic mass is 10.1. The number of ether oxygens (including phenoxy) is 3. The third kappa shape index (κ3) is 6.05. The number of benzene rings is 1. The lowest BCUT2D eigenvalue weighted by molar-refractivity contribution is -0.141. The van der Waals surface area contributed by atoms with Gasteiger partial charge in [-0.25, -0.2) is 0 Å². The molecule has 0 aliphatic carbocycles. The highest BCUT2D eigenvalue weighted by atomic mass is 16.5. The van der Waals surface area contributed by atoms with Crippen LogP contribution in [0.3, 0.4) is 0 Å². The molecule has 0 bridgehead atoms. The van der Waals surface area contributed by atoms with E-state index in [9.17, 15) is 4.79 Å².